The molecular weight excluding hydrogens is 242 g/mol. The van der Waals surface area contributed by atoms with Gasteiger partial charge in [0.15, 0.2) is 0 Å². The zero-order valence-corrected chi connectivity index (χ0v) is 11.9. The minimum absolute atomic E-state index is 0.0771. The van der Waals surface area contributed by atoms with Gasteiger partial charge >= 0.3 is 0 Å². The van der Waals surface area contributed by atoms with Gasteiger partial charge in [-0.2, -0.15) is 0 Å². The van der Waals surface area contributed by atoms with E-state index in [1.807, 2.05) is 4.90 Å². The Labute approximate surface area is 114 Å². The topological polar surface area (TPSA) is 73.9 Å². The van der Waals surface area contributed by atoms with Crippen LogP contribution >= 0.6 is 0 Å². The number of amides is 1. The van der Waals surface area contributed by atoms with Crippen molar-refractivity contribution in [2.45, 2.75) is 39.7 Å². The molecule has 1 aromatic rings. The molecule has 1 aliphatic heterocycles. The summed E-state index contributed by atoms with van der Waals surface area (Å²) in [5, 5.41) is 10.1. The van der Waals surface area contributed by atoms with Crippen LogP contribution in [0.3, 0.4) is 0 Å². The number of H-pyrrole nitrogens is 1. The number of aromatic amines is 1. The van der Waals surface area contributed by atoms with Crippen LogP contribution < -0.4 is 5.32 Å². The number of aryl methyl sites for hydroxylation is 1. The Hall–Kier alpha value is -1.43. The normalized spacial score (nSPS) is 19.1. The molecule has 0 aromatic carbocycles. The quantitative estimate of drug-likeness (QED) is 0.831. The van der Waals surface area contributed by atoms with E-state index in [0.717, 1.165) is 26.1 Å². The standard InChI is InChI=1S/C13H23N5O/c1-9(2)7-18(8-11-5-4-6-14-11)13(19)12-15-10(3)16-17-12/h9,11,14H,4-8H2,1-3H3,(H,15,16,17). The van der Waals surface area contributed by atoms with E-state index in [1.54, 1.807) is 6.92 Å². The van der Waals surface area contributed by atoms with Gasteiger partial charge in [0.1, 0.15) is 5.82 Å². The van der Waals surface area contributed by atoms with Gasteiger partial charge in [-0.25, -0.2) is 4.98 Å². The molecule has 19 heavy (non-hydrogen) atoms. The first kappa shape index (κ1) is 14.0. The summed E-state index contributed by atoms with van der Waals surface area (Å²) in [7, 11) is 0. The number of hydrogen-bond donors (Lipinski definition) is 2. The lowest BCUT2D eigenvalue weighted by Crippen LogP contribution is -2.43. The number of nitrogens with one attached hydrogen (secondary N) is 2. The van der Waals surface area contributed by atoms with Crippen LogP contribution in [0, 0.1) is 12.8 Å². The predicted molar refractivity (Wildman–Crippen MR) is 72.9 cm³/mol. The number of nitrogens with zero attached hydrogens (tertiary/aromatic N) is 3. The Morgan fingerprint density at radius 2 is 2.32 bits per heavy atom. The SMILES string of the molecule is Cc1nc(C(=O)N(CC(C)C)CC2CCCN2)n[nH]1. The fraction of sp³-hybridized carbons (Fsp3) is 0.769. The van der Waals surface area contributed by atoms with Gasteiger partial charge in [0.05, 0.1) is 0 Å². The predicted octanol–water partition coefficient (Wildman–Crippen LogP) is 0.963. The largest absolute Gasteiger partial charge is 0.334 e. The lowest BCUT2D eigenvalue weighted by Gasteiger charge is -2.26. The second-order valence-corrected chi connectivity index (χ2v) is 5.64. The van der Waals surface area contributed by atoms with E-state index in [0.29, 0.717) is 17.8 Å². The average Bonchev–Trinajstić information content (AvgIpc) is 2.98. The highest BCUT2D eigenvalue weighted by Gasteiger charge is 2.25. The number of carbonyl (C=O) groups is 1. The molecule has 6 heteroatoms. The second kappa shape index (κ2) is 6.14. The van der Waals surface area contributed by atoms with Crippen LogP contribution in [0.5, 0.6) is 0 Å². The van der Waals surface area contributed by atoms with Crippen LogP contribution in [0.25, 0.3) is 0 Å². The van der Waals surface area contributed by atoms with Gasteiger partial charge in [-0.15, -0.1) is 5.10 Å². The third-order valence-electron chi connectivity index (χ3n) is 3.26. The molecule has 0 radical (unpaired) electrons. The van der Waals surface area contributed by atoms with Crippen LogP contribution in [0.1, 0.15) is 43.1 Å². The molecule has 1 fully saturated rings. The molecule has 1 saturated heterocycles. The maximum Gasteiger partial charge on any atom is 0.293 e. The van der Waals surface area contributed by atoms with Gasteiger partial charge in [-0.1, -0.05) is 13.8 Å². The minimum Gasteiger partial charge on any atom is -0.334 e. The molecule has 1 amide bonds. The number of aromatic nitrogens is 3. The van der Waals surface area contributed by atoms with Crippen molar-refractivity contribution < 1.29 is 4.79 Å². The Morgan fingerprint density at radius 3 is 2.84 bits per heavy atom. The molecule has 1 unspecified atom stereocenters. The molecule has 2 N–H and O–H groups in total. The molecule has 0 spiro atoms. The van der Waals surface area contributed by atoms with Crippen LogP contribution in [-0.4, -0.2) is 51.7 Å². The Kier molecular flexibility index (Phi) is 4.52. The summed E-state index contributed by atoms with van der Waals surface area (Å²) >= 11 is 0. The van der Waals surface area contributed by atoms with Gasteiger partial charge < -0.3 is 10.2 Å². The van der Waals surface area contributed by atoms with Gasteiger partial charge in [0, 0.05) is 19.1 Å². The van der Waals surface area contributed by atoms with E-state index < -0.39 is 0 Å². The van der Waals surface area contributed by atoms with E-state index in [-0.39, 0.29) is 11.7 Å². The fourth-order valence-corrected chi connectivity index (χ4v) is 2.44. The van der Waals surface area contributed by atoms with Crippen molar-refractivity contribution in [3.63, 3.8) is 0 Å². The second-order valence-electron chi connectivity index (χ2n) is 5.64. The summed E-state index contributed by atoms with van der Waals surface area (Å²) in [6.07, 6.45) is 2.32. The molecule has 0 bridgehead atoms. The highest BCUT2D eigenvalue weighted by molar-refractivity contribution is 5.90. The Morgan fingerprint density at radius 1 is 1.53 bits per heavy atom. The number of carbonyl (C=O) groups excluding carboxylic acids is 1. The summed E-state index contributed by atoms with van der Waals surface area (Å²) in [6, 6.07) is 0.405. The smallest absolute Gasteiger partial charge is 0.293 e. The van der Waals surface area contributed by atoms with Gasteiger partial charge in [-0.3, -0.25) is 9.89 Å². The van der Waals surface area contributed by atoms with Gasteiger partial charge in [0.2, 0.25) is 5.82 Å². The van der Waals surface area contributed by atoms with Crippen molar-refractivity contribution in [1.29, 1.82) is 0 Å². The monoisotopic (exact) mass is 265 g/mol. The number of rotatable bonds is 5. The van der Waals surface area contributed by atoms with Crippen LogP contribution in [-0.2, 0) is 0 Å². The maximum absolute atomic E-state index is 12.4. The molecule has 0 aliphatic carbocycles. The zero-order valence-electron chi connectivity index (χ0n) is 11.9. The molecule has 2 rings (SSSR count). The first-order chi connectivity index (χ1) is 9.06. The van der Waals surface area contributed by atoms with Gasteiger partial charge in [-0.05, 0) is 32.2 Å². The third-order valence-corrected chi connectivity index (χ3v) is 3.26. The van der Waals surface area contributed by atoms with Crippen LogP contribution in [0.15, 0.2) is 0 Å². The summed E-state index contributed by atoms with van der Waals surface area (Å²) in [6.45, 7) is 8.57. The molecule has 2 heterocycles. The van der Waals surface area contributed by atoms with Crippen molar-refractivity contribution >= 4 is 5.91 Å². The van der Waals surface area contributed by atoms with Crippen molar-refractivity contribution in [1.82, 2.24) is 25.4 Å². The van der Waals surface area contributed by atoms with Crippen molar-refractivity contribution in [2.75, 3.05) is 19.6 Å². The molecule has 1 atom stereocenters. The Balaban J connectivity index is 2.05. The first-order valence-electron chi connectivity index (χ1n) is 6.98. The number of hydrogen-bond acceptors (Lipinski definition) is 4. The van der Waals surface area contributed by atoms with Crippen molar-refractivity contribution in [3.8, 4) is 0 Å². The van der Waals surface area contributed by atoms with E-state index in [2.05, 4.69) is 34.3 Å². The Bertz CT molecular complexity index is 422. The van der Waals surface area contributed by atoms with E-state index >= 15 is 0 Å². The van der Waals surface area contributed by atoms with E-state index in [1.165, 1.54) is 6.42 Å². The lowest BCUT2D eigenvalue weighted by molar-refractivity contribution is 0.0709. The molecule has 0 saturated carbocycles. The fourth-order valence-electron chi connectivity index (χ4n) is 2.44. The molecule has 1 aromatic heterocycles. The summed E-state index contributed by atoms with van der Waals surface area (Å²) in [5.74, 6) is 1.31. The average molecular weight is 265 g/mol. The van der Waals surface area contributed by atoms with Crippen LogP contribution in [0.2, 0.25) is 0 Å². The maximum atomic E-state index is 12.4. The lowest BCUT2D eigenvalue weighted by atomic mass is 10.1. The summed E-state index contributed by atoms with van der Waals surface area (Å²) in [4.78, 5) is 18.4. The molecular formula is C13H23N5O. The highest BCUT2D eigenvalue weighted by Crippen LogP contribution is 2.11. The molecule has 6 nitrogen and oxygen atoms in total. The minimum atomic E-state index is -0.0771. The summed E-state index contributed by atoms with van der Waals surface area (Å²) in [5.41, 5.74) is 0. The molecule has 1 aliphatic rings. The first-order valence-corrected chi connectivity index (χ1v) is 6.98. The van der Waals surface area contributed by atoms with Crippen molar-refractivity contribution in [2.24, 2.45) is 5.92 Å². The van der Waals surface area contributed by atoms with Crippen LogP contribution in [0.4, 0.5) is 0 Å². The van der Waals surface area contributed by atoms with E-state index in [9.17, 15) is 4.79 Å². The molecule has 106 valence electrons. The summed E-state index contributed by atoms with van der Waals surface area (Å²) < 4.78 is 0. The third kappa shape index (κ3) is 3.76. The van der Waals surface area contributed by atoms with E-state index in [4.69, 9.17) is 0 Å². The van der Waals surface area contributed by atoms with Gasteiger partial charge in [0.25, 0.3) is 5.91 Å². The highest BCUT2D eigenvalue weighted by atomic mass is 16.2. The zero-order chi connectivity index (χ0) is 13.8. The van der Waals surface area contributed by atoms with Crippen molar-refractivity contribution in [3.05, 3.63) is 11.6 Å².